The van der Waals surface area contributed by atoms with Crippen LogP contribution in [0.2, 0.25) is 0 Å². The fourth-order valence-corrected chi connectivity index (χ4v) is 2.72. The molecule has 0 N–H and O–H groups in total. The molecule has 0 saturated carbocycles. The van der Waals surface area contributed by atoms with Crippen molar-refractivity contribution in [1.82, 2.24) is 0 Å². The van der Waals surface area contributed by atoms with Crippen molar-refractivity contribution in [1.29, 1.82) is 0 Å². The van der Waals surface area contributed by atoms with E-state index in [2.05, 4.69) is 34.3 Å². The van der Waals surface area contributed by atoms with E-state index in [1.165, 1.54) is 12.5 Å². The van der Waals surface area contributed by atoms with Gasteiger partial charge in [-0.15, -0.1) is 0 Å². The average molecular weight is 248 g/mol. The van der Waals surface area contributed by atoms with E-state index < -0.39 is 0 Å². The van der Waals surface area contributed by atoms with Crippen LogP contribution in [0.4, 0.5) is 4.39 Å². The summed E-state index contributed by atoms with van der Waals surface area (Å²) in [6.45, 7) is 15.0. The molecule has 0 saturated heterocycles. The van der Waals surface area contributed by atoms with Crippen LogP contribution in [0.1, 0.15) is 51.7 Å². The van der Waals surface area contributed by atoms with Gasteiger partial charge in [-0.2, -0.15) is 0 Å². The Morgan fingerprint density at radius 3 is 2.44 bits per heavy atom. The first-order chi connectivity index (χ1) is 8.21. The molecule has 1 heteroatoms. The molecule has 0 aromatic heterocycles. The maximum Gasteiger partial charge on any atom is 0.126 e. The Kier molecular flexibility index (Phi) is 4.72. The number of allylic oxidation sites excluding steroid dienone is 1. The lowest BCUT2D eigenvalue weighted by atomic mass is 9.78. The molecular formula is C17H25F. The van der Waals surface area contributed by atoms with E-state index in [4.69, 9.17) is 0 Å². The standard InChI is InChI=1S/C17H25F/c1-12(2)10-17(5,6)11-14(4)15-7-8-16(18)13(3)9-15/h7-9,12H,4,10-11H2,1-3,5-6H3. The molecule has 0 aliphatic rings. The Balaban J connectivity index is 2.79. The number of halogens is 1. The van der Waals surface area contributed by atoms with Crippen molar-refractivity contribution in [3.63, 3.8) is 0 Å². The molecule has 0 fully saturated rings. The molecule has 0 unspecified atom stereocenters. The number of aryl methyl sites for hydroxylation is 1. The predicted molar refractivity (Wildman–Crippen MR) is 78.0 cm³/mol. The molecule has 1 aromatic carbocycles. The summed E-state index contributed by atoms with van der Waals surface area (Å²) >= 11 is 0. The summed E-state index contributed by atoms with van der Waals surface area (Å²) in [6.07, 6.45) is 2.13. The third-order valence-electron chi connectivity index (χ3n) is 3.22. The maximum absolute atomic E-state index is 13.2. The Bertz CT molecular complexity index is 427. The molecule has 0 heterocycles. The van der Waals surface area contributed by atoms with Crippen LogP contribution in [0.15, 0.2) is 24.8 Å². The van der Waals surface area contributed by atoms with Gasteiger partial charge in [0.05, 0.1) is 0 Å². The van der Waals surface area contributed by atoms with E-state index >= 15 is 0 Å². The van der Waals surface area contributed by atoms with Crippen molar-refractivity contribution in [2.75, 3.05) is 0 Å². The van der Waals surface area contributed by atoms with Gasteiger partial charge < -0.3 is 0 Å². The van der Waals surface area contributed by atoms with Crippen LogP contribution in [-0.4, -0.2) is 0 Å². The van der Waals surface area contributed by atoms with Gasteiger partial charge >= 0.3 is 0 Å². The summed E-state index contributed by atoms with van der Waals surface area (Å²) in [6, 6.07) is 5.25. The molecule has 1 rings (SSSR count). The highest BCUT2D eigenvalue weighted by atomic mass is 19.1. The maximum atomic E-state index is 13.2. The fourth-order valence-electron chi connectivity index (χ4n) is 2.72. The molecule has 0 atom stereocenters. The Morgan fingerprint density at radius 2 is 1.94 bits per heavy atom. The van der Waals surface area contributed by atoms with Gasteiger partial charge in [-0.1, -0.05) is 40.3 Å². The lowest BCUT2D eigenvalue weighted by Crippen LogP contribution is -2.14. The molecule has 0 nitrogen and oxygen atoms in total. The SMILES string of the molecule is C=C(CC(C)(C)CC(C)C)c1ccc(F)c(C)c1. The Morgan fingerprint density at radius 1 is 1.33 bits per heavy atom. The van der Waals surface area contributed by atoms with E-state index in [0.717, 1.165) is 17.6 Å². The average Bonchev–Trinajstić information content (AvgIpc) is 2.19. The van der Waals surface area contributed by atoms with Crippen LogP contribution < -0.4 is 0 Å². The highest BCUT2D eigenvalue weighted by Gasteiger charge is 2.21. The van der Waals surface area contributed by atoms with Gasteiger partial charge in [0.2, 0.25) is 0 Å². The molecule has 0 bridgehead atoms. The summed E-state index contributed by atoms with van der Waals surface area (Å²) < 4.78 is 13.2. The fraction of sp³-hybridized carbons (Fsp3) is 0.529. The van der Waals surface area contributed by atoms with Crippen LogP contribution in [0.3, 0.4) is 0 Å². The first kappa shape index (κ1) is 14.9. The monoisotopic (exact) mass is 248 g/mol. The third-order valence-corrected chi connectivity index (χ3v) is 3.22. The van der Waals surface area contributed by atoms with Gasteiger partial charge in [0.1, 0.15) is 5.82 Å². The van der Waals surface area contributed by atoms with Gasteiger partial charge in [-0.3, -0.25) is 0 Å². The zero-order chi connectivity index (χ0) is 13.9. The summed E-state index contributed by atoms with van der Waals surface area (Å²) in [7, 11) is 0. The smallest absolute Gasteiger partial charge is 0.126 e. The van der Waals surface area contributed by atoms with Gasteiger partial charge in [0.25, 0.3) is 0 Å². The molecule has 1 aromatic rings. The molecule has 18 heavy (non-hydrogen) atoms. The van der Waals surface area contributed by atoms with Gasteiger partial charge in [-0.05, 0) is 59.9 Å². The summed E-state index contributed by atoms with van der Waals surface area (Å²) in [4.78, 5) is 0. The van der Waals surface area contributed by atoms with Crippen LogP contribution in [0, 0.1) is 24.1 Å². The van der Waals surface area contributed by atoms with E-state index in [-0.39, 0.29) is 11.2 Å². The first-order valence-electron chi connectivity index (χ1n) is 6.65. The third kappa shape index (κ3) is 4.29. The second-order valence-electron chi connectivity index (χ2n) is 6.51. The summed E-state index contributed by atoms with van der Waals surface area (Å²) in [5, 5.41) is 0. The lowest BCUT2D eigenvalue weighted by Gasteiger charge is -2.28. The van der Waals surface area contributed by atoms with Crippen LogP contribution in [0.25, 0.3) is 5.57 Å². The number of benzene rings is 1. The van der Waals surface area contributed by atoms with Crippen molar-refractivity contribution in [3.8, 4) is 0 Å². The topological polar surface area (TPSA) is 0 Å². The number of rotatable bonds is 5. The molecule has 0 radical (unpaired) electrons. The highest BCUT2D eigenvalue weighted by molar-refractivity contribution is 5.64. The summed E-state index contributed by atoms with van der Waals surface area (Å²) in [5.41, 5.74) is 3.10. The van der Waals surface area contributed by atoms with E-state index in [0.29, 0.717) is 11.5 Å². The highest BCUT2D eigenvalue weighted by Crippen LogP contribution is 2.35. The van der Waals surface area contributed by atoms with Crippen molar-refractivity contribution < 1.29 is 4.39 Å². The zero-order valence-electron chi connectivity index (χ0n) is 12.3. The van der Waals surface area contributed by atoms with Crippen LogP contribution in [-0.2, 0) is 0 Å². The minimum atomic E-state index is -0.145. The Hall–Kier alpha value is -1.11. The molecule has 0 amide bonds. The second kappa shape index (κ2) is 5.69. The van der Waals surface area contributed by atoms with E-state index in [1.807, 2.05) is 12.1 Å². The van der Waals surface area contributed by atoms with Crippen LogP contribution in [0.5, 0.6) is 0 Å². The normalized spacial score (nSPS) is 11.9. The second-order valence-corrected chi connectivity index (χ2v) is 6.51. The zero-order valence-corrected chi connectivity index (χ0v) is 12.3. The first-order valence-corrected chi connectivity index (χ1v) is 6.65. The minimum absolute atomic E-state index is 0.145. The quantitative estimate of drug-likeness (QED) is 0.635. The number of hydrogen-bond donors (Lipinski definition) is 0. The van der Waals surface area contributed by atoms with Gasteiger partial charge in [-0.25, -0.2) is 4.39 Å². The van der Waals surface area contributed by atoms with Crippen molar-refractivity contribution in [2.24, 2.45) is 11.3 Å². The molecule has 0 spiro atoms. The predicted octanol–water partition coefficient (Wildman–Crippen LogP) is 5.61. The lowest BCUT2D eigenvalue weighted by molar-refractivity contribution is 0.295. The Labute approximate surface area is 111 Å². The minimum Gasteiger partial charge on any atom is -0.207 e. The van der Waals surface area contributed by atoms with Crippen molar-refractivity contribution in [3.05, 3.63) is 41.7 Å². The van der Waals surface area contributed by atoms with E-state index in [1.54, 1.807) is 6.92 Å². The van der Waals surface area contributed by atoms with Crippen molar-refractivity contribution in [2.45, 2.75) is 47.5 Å². The number of hydrogen-bond acceptors (Lipinski definition) is 0. The molecular weight excluding hydrogens is 223 g/mol. The molecule has 100 valence electrons. The molecule has 0 aliphatic heterocycles. The van der Waals surface area contributed by atoms with Crippen molar-refractivity contribution >= 4 is 5.57 Å². The van der Waals surface area contributed by atoms with Gasteiger partial charge in [0.15, 0.2) is 0 Å². The van der Waals surface area contributed by atoms with Gasteiger partial charge in [0, 0.05) is 0 Å². The largest absolute Gasteiger partial charge is 0.207 e. The van der Waals surface area contributed by atoms with Crippen LogP contribution >= 0.6 is 0 Å². The van der Waals surface area contributed by atoms with E-state index in [9.17, 15) is 4.39 Å². The summed E-state index contributed by atoms with van der Waals surface area (Å²) in [5.74, 6) is 0.538. The molecule has 0 aliphatic carbocycles.